The summed E-state index contributed by atoms with van der Waals surface area (Å²) in [5.41, 5.74) is 3.15. The second-order valence-electron chi connectivity index (χ2n) is 4.39. The fraction of sp³-hybridized carbons (Fsp3) is 0.308. The van der Waals surface area contributed by atoms with Crippen LogP contribution < -0.4 is 0 Å². The van der Waals surface area contributed by atoms with Gasteiger partial charge in [-0.25, -0.2) is 0 Å². The Morgan fingerprint density at radius 3 is 2.93 bits per heavy atom. The molecule has 1 heterocycles. The van der Waals surface area contributed by atoms with Crippen molar-refractivity contribution < 1.29 is 4.79 Å². The number of aromatic amines is 1. The maximum Gasteiger partial charge on any atom is 0.168 e. The molecular weight excluding hydrogens is 186 g/mol. The van der Waals surface area contributed by atoms with Gasteiger partial charge in [0.15, 0.2) is 5.78 Å². The molecule has 1 saturated carbocycles. The average Bonchev–Trinajstić information content (AvgIpc) is 2.98. The molecule has 1 N–H and O–H groups in total. The van der Waals surface area contributed by atoms with Crippen LogP contribution in [0.15, 0.2) is 24.4 Å². The molecule has 0 bridgehead atoms. The molecule has 15 heavy (non-hydrogen) atoms. The lowest BCUT2D eigenvalue weighted by Gasteiger charge is -1.97. The van der Waals surface area contributed by atoms with E-state index in [1.807, 2.05) is 12.3 Å². The molecule has 2 nitrogen and oxygen atoms in total. The number of rotatable bonds is 2. The van der Waals surface area contributed by atoms with Crippen molar-refractivity contribution in [3.8, 4) is 0 Å². The van der Waals surface area contributed by atoms with Crippen molar-refractivity contribution in [2.24, 2.45) is 5.92 Å². The highest BCUT2D eigenvalue weighted by atomic mass is 16.1. The van der Waals surface area contributed by atoms with E-state index in [-0.39, 0.29) is 0 Å². The summed E-state index contributed by atoms with van der Waals surface area (Å²) in [6.45, 7) is 2.06. The van der Waals surface area contributed by atoms with Crippen LogP contribution in [0.1, 0.15) is 28.8 Å². The molecule has 0 atom stereocenters. The summed E-state index contributed by atoms with van der Waals surface area (Å²) in [5, 5.41) is 1.07. The first-order valence-corrected chi connectivity index (χ1v) is 5.37. The Hall–Kier alpha value is -1.57. The zero-order valence-corrected chi connectivity index (χ0v) is 8.71. The number of H-pyrrole nitrogens is 1. The van der Waals surface area contributed by atoms with E-state index in [0.29, 0.717) is 11.7 Å². The minimum Gasteiger partial charge on any atom is -0.360 e. The fourth-order valence-corrected chi connectivity index (χ4v) is 2.01. The summed E-state index contributed by atoms with van der Waals surface area (Å²) in [6.07, 6.45) is 3.99. The van der Waals surface area contributed by atoms with E-state index < -0.39 is 0 Å². The minimum absolute atomic E-state index is 0.297. The van der Waals surface area contributed by atoms with E-state index in [2.05, 4.69) is 24.0 Å². The van der Waals surface area contributed by atoms with Crippen molar-refractivity contribution in [2.75, 3.05) is 0 Å². The third kappa shape index (κ3) is 1.37. The summed E-state index contributed by atoms with van der Waals surface area (Å²) in [5.74, 6) is 0.607. The zero-order valence-electron chi connectivity index (χ0n) is 8.71. The molecule has 1 aliphatic carbocycles. The predicted molar refractivity (Wildman–Crippen MR) is 60.1 cm³/mol. The van der Waals surface area contributed by atoms with Crippen LogP contribution in [0.3, 0.4) is 0 Å². The van der Waals surface area contributed by atoms with Gasteiger partial charge in [-0.3, -0.25) is 4.79 Å². The summed E-state index contributed by atoms with van der Waals surface area (Å²) in [4.78, 5) is 15.1. The van der Waals surface area contributed by atoms with Gasteiger partial charge in [-0.15, -0.1) is 0 Å². The first kappa shape index (κ1) is 8.72. The molecule has 0 amide bonds. The first-order chi connectivity index (χ1) is 7.25. The minimum atomic E-state index is 0.297. The Bertz CT molecular complexity index is 534. The largest absolute Gasteiger partial charge is 0.360 e. The van der Waals surface area contributed by atoms with Gasteiger partial charge in [-0.05, 0) is 31.4 Å². The topological polar surface area (TPSA) is 32.9 Å². The average molecular weight is 199 g/mol. The molecule has 1 aliphatic rings. The molecule has 2 heteroatoms. The van der Waals surface area contributed by atoms with Crippen LogP contribution in [0.4, 0.5) is 0 Å². The normalized spacial score (nSPS) is 15.8. The van der Waals surface area contributed by atoms with Crippen LogP contribution in [-0.4, -0.2) is 10.8 Å². The molecule has 76 valence electrons. The maximum atomic E-state index is 11.9. The van der Waals surface area contributed by atoms with Crippen LogP contribution in [0, 0.1) is 12.8 Å². The number of benzene rings is 1. The van der Waals surface area contributed by atoms with Gasteiger partial charge in [0.05, 0.1) is 0 Å². The highest BCUT2D eigenvalue weighted by Crippen LogP contribution is 2.34. The Balaban J connectivity index is 2.15. The van der Waals surface area contributed by atoms with Crippen molar-refractivity contribution >= 4 is 16.7 Å². The van der Waals surface area contributed by atoms with E-state index in [9.17, 15) is 4.79 Å². The molecule has 2 aromatic rings. The molecule has 0 saturated heterocycles. The molecular formula is C13H13NO. The van der Waals surface area contributed by atoms with Crippen LogP contribution >= 0.6 is 0 Å². The number of ketones is 1. The summed E-state index contributed by atoms with van der Waals surface area (Å²) in [7, 11) is 0. The third-order valence-corrected chi connectivity index (χ3v) is 3.05. The number of fused-ring (bicyclic) bond motifs is 1. The Morgan fingerprint density at radius 1 is 1.40 bits per heavy atom. The number of carbonyl (C=O) groups excluding carboxylic acids is 1. The lowest BCUT2D eigenvalue weighted by Crippen LogP contribution is -1.99. The highest BCUT2D eigenvalue weighted by molar-refractivity contribution is 6.09. The first-order valence-electron chi connectivity index (χ1n) is 5.37. The molecule has 0 radical (unpaired) electrons. The fourth-order valence-electron chi connectivity index (χ4n) is 2.01. The van der Waals surface area contributed by atoms with E-state index in [0.717, 1.165) is 29.3 Å². The highest BCUT2D eigenvalue weighted by Gasteiger charge is 2.31. The van der Waals surface area contributed by atoms with Crippen molar-refractivity contribution in [2.45, 2.75) is 19.8 Å². The van der Waals surface area contributed by atoms with E-state index in [4.69, 9.17) is 0 Å². The second kappa shape index (κ2) is 2.96. The zero-order chi connectivity index (χ0) is 10.4. The van der Waals surface area contributed by atoms with Crippen molar-refractivity contribution in [3.63, 3.8) is 0 Å². The van der Waals surface area contributed by atoms with E-state index in [1.165, 1.54) is 5.56 Å². The van der Waals surface area contributed by atoms with Crippen LogP contribution in [0.25, 0.3) is 10.9 Å². The molecule has 0 unspecified atom stereocenters. The lowest BCUT2D eigenvalue weighted by atomic mass is 10.1. The lowest BCUT2D eigenvalue weighted by molar-refractivity contribution is 0.0969. The number of hydrogen-bond donors (Lipinski definition) is 1. The number of carbonyl (C=O) groups is 1. The monoisotopic (exact) mass is 199 g/mol. The molecule has 1 aromatic carbocycles. The van der Waals surface area contributed by atoms with Crippen LogP contribution in [-0.2, 0) is 0 Å². The smallest absolute Gasteiger partial charge is 0.168 e. The van der Waals surface area contributed by atoms with Gasteiger partial charge in [-0.2, -0.15) is 0 Å². The Morgan fingerprint density at radius 2 is 2.20 bits per heavy atom. The Labute approximate surface area is 88.3 Å². The van der Waals surface area contributed by atoms with Crippen LogP contribution in [0.5, 0.6) is 0 Å². The van der Waals surface area contributed by atoms with Gasteiger partial charge >= 0.3 is 0 Å². The molecule has 0 aliphatic heterocycles. The number of aryl methyl sites for hydroxylation is 1. The molecule has 1 fully saturated rings. The van der Waals surface area contributed by atoms with Crippen molar-refractivity contribution in [3.05, 3.63) is 35.5 Å². The summed E-state index contributed by atoms with van der Waals surface area (Å²) < 4.78 is 0. The molecule has 1 aromatic heterocycles. The van der Waals surface area contributed by atoms with Crippen LogP contribution in [0.2, 0.25) is 0 Å². The number of nitrogens with one attached hydrogen (secondary N) is 1. The third-order valence-electron chi connectivity index (χ3n) is 3.05. The van der Waals surface area contributed by atoms with Gasteiger partial charge in [0, 0.05) is 28.6 Å². The van der Waals surface area contributed by atoms with Crippen molar-refractivity contribution in [1.29, 1.82) is 0 Å². The van der Waals surface area contributed by atoms with Gasteiger partial charge in [-0.1, -0.05) is 12.1 Å². The van der Waals surface area contributed by atoms with E-state index >= 15 is 0 Å². The van der Waals surface area contributed by atoms with Gasteiger partial charge in [0.2, 0.25) is 0 Å². The van der Waals surface area contributed by atoms with E-state index in [1.54, 1.807) is 0 Å². The predicted octanol–water partition coefficient (Wildman–Crippen LogP) is 3.07. The molecule has 3 rings (SSSR count). The summed E-state index contributed by atoms with van der Waals surface area (Å²) in [6, 6.07) is 6.18. The Kier molecular flexibility index (Phi) is 1.72. The number of Topliss-reactive ketones (excluding diaryl/α,β-unsaturated/α-hetero) is 1. The van der Waals surface area contributed by atoms with Gasteiger partial charge in [0.1, 0.15) is 0 Å². The molecule has 0 spiro atoms. The standard InChI is InChI=1S/C13H13NO/c1-8-2-5-10-11(7-14-12(10)6-8)13(15)9-3-4-9/h2,5-7,9,14H,3-4H2,1H3. The van der Waals surface area contributed by atoms with Gasteiger partial charge < -0.3 is 4.98 Å². The summed E-state index contributed by atoms with van der Waals surface area (Å²) >= 11 is 0. The van der Waals surface area contributed by atoms with Gasteiger partial charge in [0.25, 0.3) is 0 Å². The van der Waals surface area contributed by atoms with Crippen molar-refractivity contribution in [1.82, 2.24) is 4.98 Å². The number of hydrogen-bond acceptors (Lipinski definition) is 1. The number of aromatic nitrogens is 1. The second-order valence-corrected chi connectivity index (χ2v) is 4.39. The maximum absolute atomic E-state index is 11.9. The quantitative estimate of drug-likeness (QED) is 0.741. The SMILES string of the molecule is Cc1ccc2c(C(=O)C3CC3)c[nH]c2c1.